The maximum Gasteiger partial charge on any atom is 0.343 e. The van der Waals surface area contributed by atoms with Crippen LogP contribution in [0.1, 0.15) is 44.6 Å². The summed E-state index contributed by atoms with van der Waals surface area (Å²) in [6.07, 6.45) is 3.41. The van der Waals surface area contributed by atoms with Crippen molar-refractivity contribution in [2.24, 2.45) is 0 Å². The molecule has 1 fully saturated rings. The maximum absolute atomic E-state index is 13.1. The Morgan fingerprint density at radius 3 is 2.79 bits per heavy atom. The Morgan fingerprint density at radius 2 is 2.10 bits per heavy atom. The van der Waals surface area contributed by atoms with Gasteiger partial charge in [0.15, 0.2) is 10.9 Å². The highest BCUT2D eigenvalue weighted by Crippen LogP contribution is 2.42. The first-order valence-electron chi connectivity index (χ1n) is 9.74. The van der Waals surface area contributed by atoms with Crippen LogP contribution in [0.4, 0.5) is 0 Å². The van der Waals surface area contributed by atoms with Gasteiger partial charge in [0, 0.05) is 30.6 Å². The number of amides is 1. The Labute approximate surface area is 178 Å². The van der Waals surface area contributed by atoms with Gasteiger partial charge in [0.25, 0.3) is 0 Å². The van der Waals surface area contributed by atoms with Crippen molar-refractivity contribution in [1.29, 1.82) is 0 Å². The molecular formula is C20H25ClN4O3S. The molecule has 29 heavy (non-hydrogen) atoms. The van der Waals surface area contributed by atoms with Gasteiger partial charge in [-0.2, -0.15) is 0 Å². The van der Waals surface area contributed by atoms with Crippen molar-refractivity contribution < 1.29 is 9.59 Å². The van der Waals surface area contributed by atoms with Crippen molar-refractivity contribution >= 4 is 35.1 Å². The second-order valence-electron chi connectivity index (χ2n) is 7.17. The molecule has 9 heteroatoms. The molecule has 1 aromatic carbocycles. The van der Waals surface area contributed by atoms with Gasteiger partial charge in [-0.25, -0.2) is 9.89 Å². The fourth-order valence-corrected chi connectivity index (χ4v) is 5.08. The molecule has 0 bridgehead atoms. The number of hydrogen-bond acceptors (Lipinski definition) is 5. The SMILES string of the molecule is CCCn1c(SCC(=O)N(C)C2(c3ccccc3Cl)CCCCC2=O)n[nH]c1=O. The van der Waals surface area contributed by atoms with Gasteiger partial charge in [-0.3, -0.25) is 14.2 Å². The number of thioether (sulfide) groups is 1. The molecule has 1 aromatic heterocycles. The predicted molar refractivity (Wildman–Crippen MR) is 113 cm³/mol. The summed E-state index contributed by atoms with van der Waals surface area (Å²) in [6, 6.07) is 7.23. The molecule has 1 saturated carbocycles. The zero-order valence-corrected chi connectivity index (χ0v) is 18.2. The first-order chi connectivity index (χ1) is 13.9. The number of rotatable bonds is 7. The summed E-state index contributed by atoms with van der Waals surface area (Å²) in [7, 11) is 1.67. The van der Waals surface area contributed by atoms with Crippen LogP contribution in [0.15, 0.2) is 34.2 Å². The number of Topliss-reactive ketones (excluding diaryl/α,β-unsaturated/α-hetero) is 1. The minimum atomic E-state index is -1.05. The van der Waals surface area contributed by atoms with E-state index < -0.39 is 5.54 Å². The quantitative estimate of drug-likeness (QED) is 0.673. The number of nitrogens with zero attached hydrogens (tertiary/aromatic N) is 3. The minimum absolute atomic E-state index is 0.0142. The van der Waals surface area contributed by atoms with Crippen LogP contribution in [0.2, 0.25) is 5.02 Å². The van der Waals surface area contributed by atoms with Crippen LogP contribution >= 0.6 is 23.4 Å². The normalized spacial score (nSPS) is 19.3. The number of aromatic amines is 1. The van der Waals surface area contributed by atoms with E-state index in [-0.39, 0.29) is 23.1 Å². The minimum Gasteiger partial charge on any atom is -0.328 e. The van der Waals surface area contributed by atoms with Gasteiger partial charge in [-0.05, 0) is 31.7 Å². The van der Waals surface area contributed by atoms with Crippen molar-refractivity contribution in [2.75, 3.05) is 12.8 Å². The second kappa shape index (κ2) is 9.17. The third kappa shape index (κ3) is 4.14. The van der Waals surface area contributed by atoms with Crippen molar-refractivity contribution in [3.05, 3.63) is 45.3 Å². The van der Waals surface area contributed by atoms with Crippen LogP contribution in [0.25, 0.3) is 0 Å². The molecular weight excluding hydrogens is 412 g/mol. The van der Waals surface area contributed by atoms with Crippen molar-refractivity contribution in [3.63, 3.8) is 0 Å². The molecule has 0 saturated heterocycles. The number of halogens is 1. The summed E-state index contributed by atoms with van der Waals surface area (Å²) in [6.45, 7) is 2.50. The summed E-state index contributed by atoms with van der Waals surface area (Å²) in [5, 5.41) is 7.40. The maximum atomic E-state index is 13.1. The van der Waals surface area contributed by atoms with E-state index in [0.29, 0.717) is 35.1 Å². The Hall–Kier alpha value is -2.06. The Kier molecular flexibility index (Phi) is 6.85. The van der Waals surface area contributed by atoms with Gasteiger partial charge >= 0.3 is 5.69 Å². The number of hydrogen-bond donors (Lipinski definition) is 1. The highest BCUT2D eigenvalue weighted by molar-refractivity contribution is 7.99. The highest BCUT2D eigenvalue weighted by Gasteiger charge is 2.47. The summed E-state index contributed by atoms with van der Waals surface area (Å²) in [5.74, 6) is -0.117. The van der Waals surface area contributed by atoms with Gasteiger partial charge in [-0.1, -0.05) is 48.5 Å². The average Bonchev–Trinajstić information content (AvgIpc) is 3.07. The summed E-state index contributed by atoms with van der Waals surface area (Å²) >= 11 is 7.64. The number of aromatic nitrogens is 3. The van der Waals surface area contributed by atoms with Gasteiger partial charge in [0.1, 0.15) is 5.54 Å². The Bertz CT molecular complexity index is 957. The summed E-state index contributed by atoms with van der Waals surface area (Å²) in [5.41, 5.74) is -0.664. The van der Waals surface area contributed by atoms with E-state index in [9.17, 15) is 14.4 Å². The Morgan fingerprint density at radius 1 is 1.34 bits per heavy atom. The molecule has 3 rings (SSSR count). The lowest BCUT2D eigenvalue weighted by Crippen LogP contribution is -2.54. The lowest BCUT2D eigenvalue weighted by Gasteiger charge is -2.44. The smallest absolute Gasteiger partial charge is 0.328 e. The van der Waals surface area contributed by atoms with Gasteiger partial charge in [0.2, 0.25) is 5.91 Å². The number of likely N-dealkylation sites (N-methyl/N-ethyl adjacent to an activating group) is 1. The number of carbonyl (C=O) groups is 2. The third-order valence-electron chi connectivity index (χ3n) is 5.42. The lowest BCUT2D eigenvalue weighted by atomic mass is 9.74. The van der Waals surface area contributed by atoms with Gasteiger partial charge < -0.3 is 4.90 Å². The molecule has 7 nitrogen and oxygen atoms in total. The van der Waals surface area contributed by atoms with Crippen LogP contribution in [-0.4, -0.2) is 44.2 Å². The second-order valence-corrected chi connectivity index (χ2v) is 8.52. The molecule has 1 N–H and O–H groups in total. The number of ketones is 1. The molecule has 1 aliphatic rings. The average molecular weight is 437 g/mol. The molecule has 0 aliphatic heterocycles. The number of benzene rings is 1. The van der Waals surface area contributed by atoms with Gasteiger partial charge in [-0.15, -0.1) is 5.10 Å². The molecule has 0 spiro atoms. The van der Waals surface area contributed by atoms with E-state index in [0.717, 1.165) is 19.3 Å². The van der Waals surface area contributed by atoms with E-state index in [4.69, 9.17) is 11.6 Å². The monoisotopic (exact) mass is 436 g/mol. The zero-order valence-electron chi connectivity index (χ0n) is 16.6. The first-order valence-corrected chi connectivity index (χ1v) is 11.1. The van der Waals surface area contributed by atoms with Crippen molar-refractivity contribution in [1.82, 2.24) is 19.7 Å². The molecule has 1 aliphatic carbocycles. The first kappa shape index (κ1) is 21.6. The fraction of sp³-hybridized carbons (Fsp3) is 0.500. The molecule has 1 heterocycles. The summed E-state index contributed by atoms with van der Waals surface area (Å²) < 4.78 is 1.52. The zero-order chi connectivity index (χ0) is 21.0. The van der Waals surface area contributed by atoms with Crippen LogP contribution in [0, 0.1) is 0 Å². The molecule has 1 amide bonds. The van der Waals surface area contributed by atoms with E-state index in [1.165, 1.54) is 21.2 Å². The standard InChI is InChI=1S/C20H25ClN4O3S/c1-3-12-25-18(28)22-23-19(25)29-13-17(27)24(2)20(11-7-6-10-16(20)26)14-8-4-5-9-15(14)21/h4-5,8-9H,3,6-7,10-13H2,1-2H3,(H,22,28). The van der Waals surface area contributed by atoms with E-state index in [2.05, 4.69) is 10.2 Å². The molecule has 1 unspecified atom stereocenters. The number of nitrogens with one attached hydrogen (secondary N) is 1. The molecule has 156 valence electrons. The topological polar surface area (TPSA) is 88.1 Å². The Balaban J connectivity index is 1.86. The van der Waals surface area contributed by atoms with Crippen LogP contribution in [0.3, 0.4) is 0 Å². The van der Waals surface area contributed by atoms with Crippen LogP contribution in [0.5, 0.6) is 0 Å². The lowest BCUT2D eigenvalue weighted by molar-refractivity contribution is -0.146. The number of H-pyrrole nitrogens is 1. The largest absolute Gasteiger partial charge is 0.343 e. The van der Waals surface area contributed by atoms with E-state index in [1.807, 2.05) is 25.1 Å². The van der Waals surface area contributed by atoms with Crippen LogP contribution in [-0.2, 0) is 21.7 Å². The third-order valence-corrected chi connectivity index (χ3v) is 6.71. The molecule has 1 atom stereocenters. The molecule has 2 aromatic rings. The van der Waals surface area contributed by atoms with Gasteiger partial charge in [0.05, 0.1) is 5.75 Å². The highest BCUT2D eigenvalue weighted by atomic mass is 35.5. The van der Waals surface area contributed by atoms with Crippen molar-refractivity contribution in [2.45, 2.75) is 56.3 Å². The number of carbonyl (C=O) groups excluding carboxylic acids is 2. The predicted octanol–water partition coefficient (Wildman–Crippen LogP) is 3.22. The fourth-order valence-electron chi connectivity index (χ4n) is 3.90. The summed E-state index contributed by atoms with van der Waals surface area (Å²) in [4.78, 5) is 39.6. The molecule has 0 radical (unpaired) electrons. The van der Waals surface area contributed by atoms with Crippen LogP contribution < -0.4 is 5.69 Å². The van der Waals surface area contributed by atoms with E-state index >= 15 is 0 Å². The van der Waals surface area contributed by atoms with Crippen molar-refractivity contribution in [3.8, 4) is 0 Å². The van der Waals surface area contributed by atoms with E-state index in [1.54, 1.807) is 13.1 Å².